The molecule has 1 aromatic rings. The number of carbonyl (C=O) groups is 3. The van der Waals surface area contributed by atoms with Crippen LogP contribution >= 0.6 is 19.6 Å². The molecule has 1 aromatic carbocycles. The Kier molecular flexibility index (Phi) is 7.36. The summed E-state index contributed by atoms with van der Waals surface area (Å²) < 4.78 is 14.9. The van der Waals surface area contributed by atoms with Crippen LogP contribution in [0.1, 0.15) is 24.0 Å². The maximum absolute atomic E-state index is 11.8. The minimum atomic E-state index is -4.42. The minimum Gasteiger partial charge on any atom is -0.330 e. The number of rotatable bonds is 9. The Bertz CT molecular complexity index is 701. The number of phosphoric acid groups is 1. The Balaban J connectivity index is 1.73. The first-order valence-corrected chi connectivity index (χ1v) is 10.4. The predicted octanol–water partition coefficient (Wildman–Crippen LogP) is 1.18. The van der Waals surface area contributed by atoms with Crippen molar-refractivity contribution in [2.45, 2.75) is 25.0 Å². The third-order valence-electron chi connectivity index (χ3n) is 3.33. The highest BCUT2D eigenvalue weighted by molar-refractivity contribution is 7.98. The Hall–Kier alpha value is -1.71. The first-order valence-electron chi connectivity index (χ1n) is 7.67. The van der Waals surface area contributed by atoms with E-state index < -0.39 is 25.6 Å². The molecule has 0 radical (unpaired) electrons. The number of carbonyl (C=O) groups excluding carboxylic acids is 3. The average Bonchev–Trinajstić information content (AvgIpc) is 2.87. The highest BCUT2D eigenvalue weighted by atomic mass is 32.2. The number of phosphoric ester groups is 1. The third-order valence-corrected chi connectivity index (χ3v) is 4.84. The zero-order valence-electron chi connectivity index (χ0n) is 13.7. The predicted molar refractivity (Wildman–Crippen MR) is 91.5 cm³/mol. The van der Waals surface area contributed by atoms with E-state index in [1.807, 2.05) is 12.1 Å². The lowest BCUT2D eigenvalue weighted by molar-refractivity contribution is -0.197. The third kappa shape index (κ3) is 6.89. The molecule has 1 saturated heterocycles. The van der Waals surface area contributed by atoms with Crippen molar-refractivity contribution in [3.8, 4) is 0 Å². The van der Waals surface area contributed by atoms with E-state index in [9.17, 15) is 18.9 Å². The van der Waals surface area contributed by atoms with Crippen molar-refractivity contribution < 1.29 is 38.1 Å². The number of amides is 2. The molecule has 0 saturated carbocycles. The normalized spacial score (nSPS) is 14.8. The van der Waals surface area contributed by atoms with Crippen molar-refractivity contribution in [1.29, 1.82) is 0 Å². The number of hydrogen-bond donors (Lipinski definition) is 2. The van der Waals surface area contributed by atoms with Gasteiger partial charge in [-0.25, -0.2) is 9.36 Å². The SMILES string of the molecule is O=C(Cc1ccc(CSCCOP(=O)(O)O)cc1)ON1C(=O)CCC1=O. The van der Waals surface area contributed by atoms with Crippen molar-refractivity contribution in [3.63, 3.8) is 0 Å². The number of thioether (sulfide) groups is 1. The van der Waals surface area contributed by atoms with Gasteiger partial charge in [-0.15, -0.1) is 5.06 Å². The topological polar surface area (TPSA) is 130 Å². The number of imide groups is 1. The van der Waals surface area contributed by atoms with Gasteiger partial charge in [-0.1, -0.05) is 24.3 Å². The van der Waals surface area contributed by atoms with Gasteiger partial charge < -0.3 is 14.6 Å². The average molecular weight is 403 g/mol. The van der Waals surface area contributed by atoms with E-state index >= 15 is 0 Å². The van der Waals surface area contributed by atoms with Crippen LogP contribution < -0.4 is 0 Å². The van der Waals surface area contributed by atoms with Crippen LogP contribution in [0.2, 0.25) is 0 Å². The molecule has 0 bridgehead atoms. The van der Waals surface area contributed by atoms with Crippen molar-refractivity contribution in [2.24, 2.45) is 0 Å². The summed E-state index contributed by atoms with van der Waals surface area (Å²) in [7, 11) is -4.42. The molecule has 11 heteroatoms. The van der Waals surface area contributed by atoms with Crippen LogP contribution in [0, 0.1) is 0 Å². The Labute approximate surface area is 153 Å². The Morgan fingerprint density at radius 2 is 1.69 bits per heavy atom. The molecular formula is C15H18NO8PS. The van der Waals surface area contributed by atoms with Gasteiger partial charge in [-0.2, -0.15) is 11.8 Å². The Morgan fingerprint density at radius 1 is 1.12 bits per heavy atom. The first kappa shape index (κ1) is 20.6. The largest absolute Gasteiger partial charge is 0.469 e. The van der Waals surface area contributed by atoms with Gasteiger partial charge in [0.1, 0.15) is 0 Å². The van der Waals surface area contributed by atoms with Gasteiger partial charge in [0.05, 0.1) is 13.0 Å². The maximum Gasteiger partial charge on any atom is 0.469 e. The molecule has 1 fully saturated rings. The summed E-state index contributed by atoms with van der Waals surface area (Å²) in [5.41, 5.74) is 1.64. The minimum absolute atomic E-state index is 0.0488. The van der Waals surface area contributed by atoms with Crippen LogP contribution in [-0.4, -0.2) is 45.0 Å². The molecule has 1 aliphatic rings. The van der Waals surface area contributed by atoms with Gasteiger partial charge >= 0.3 is 13.8 Å². The second-order valence-electron chi connectivity index (χ2n) is 5.41. The molecule has 26 heavy (non-hydrogen) atoms. The molecule has 2 rings (SSSR count). The van der Waals surface area contributed by atoms with Gasteiger partial charge in [-0.05, 0) is 11.1 Å². The summed E-state index contributed by atoms with van der Waals surface area (Å²) in [6.45, 7) is -0.0488. The molecule has 0 unspecified atom stereocenters. The molecule has 1 heterocycles. The lowest BCUT2D eigenvalue weighted by Gasteiger charge is -2.12. The lowest BCUT2D eigenvalue weighted by atomic mass is 10.1. The summed E-state index contributed by atoms with van der Waals surface area (Å²) in [5, 5.41) is 0.521. The molecule has 9 nitrogen and oxygen atoms in total. The molecule has 0 aromatic heterocycles. The lowest BCUT2D eigenvalue weighted by Crippen LogP contribution is -2.32. The zero-order valence-corrected chi connectivity index (χ0v) is 15.4. The van der Waals surface area contributed by atoms with Crippen molar-refractivity contribution in [1.82, 2.24) is 5.06 Å². The van der Waals surface area contributed by atoms with E-state index in [1.165, 1.54) is 11.8 Å². The van der Waals surface area contributed by atoms with Gasteiger partial charge in [0.25, 0.3) is 11.8 Å². The second kappa shape index (κ2) is 9.29. The summed E-state index contributed by atoms with van der Waals surface area (Å²) >= 11 is 1.45. The van der Waals surface area contributed by atoms with E-state index in [4.69, 9.17) is 14.6 Å². The monoisotopic (exact) mass is 403 g/mol. The van der Waals surface area contributed by atoms with Gasteiger partial charge in [0.15, 0.2) is 0 Å². The molecule has 142 valence electrons. The maximum atomic E-state index is 11.8. The molecule has 2 N–H and O–H groups in total. The summed E-state index contributed by atoms with van der Waals surface area (Å²) in [4.78, 5) is 56.5. The Morgan fingerprint density at radius 3 is 2.27 bits per heavy atom. The van der Waals surface area contributed by atoms with E-state index in [1.54, 1.807) is 12.1 Å². The molecule has 0 atom stereocenters. The quantitative estimate of drug-likeness (QED) is 0.354. The fourth-order valence-electron chi connectivity index (χ4n) is 2.12. The smallest absolute Gasteiger partial charge is 0.330 e. The summed E-state index contributed by atoms with van der Waals surface area (Å²) in [6, 6.07) is 7.09. The highest BCUT2D eigenvalue weighted by Crippen LogP contribution is 2.35. The van der Waals surface area contributed by atoms with E-state index in [0.717, 1.165) is 5.56 Å². The van der Waals surface area contributed by atoms with Crippen LogP contribution in [0.4, 0.5) is 0 Å². The first-order chi connectivity index (χ1) is 12.2. The molecule has 0 spiro atoms. The zero-order chi connectivity index (χ0) is 19.2. The molecule has 0 aliphatic carbocycles. The summed E-state index contributed by atoms with van der Waals surface area (Å²) in [6.07, 6.45) is 0.0377. The van der Waals surface area contributed by atoms with E-state index in [2.05, 4.69) is 4.52 Å². The van der Waals surface area contributed by atoms with Gasteiger partial charge in [0, 0.05) is 24.3 Å². The van der Waals surface area contributed by atoms with Crippen LogP contribution in [0.3, 0.4) is 0 Å². The van der Waals surface area contributed by atoms with Crippen LogP contribution in [0.5, 0.6) is 0 Å². The number of hydroxylamine groups is 2. The van der Waals surface area contributed by atoms with Gasteiger partial charge in [0.2, 0.25) is 0 Å². The second-order valence-corrected chi connectivity index (χ2v) is 7.76. The van der Waals surface area contributed by atoms with Crippen LogP contribution in [0.25, 0.3) is 0 Å². The molecule has 2 amide bonds. The van der Waals surface area contributed by atoms with Crippen LogP contribution in [0.15, 0.2) is 24.3 Å². The van der Waals surface area contributed by atoms with Crippen molar-refractivity contribution >= 4 is 37.4 Å². The number of nitrogens with zero attached hydrogens (tertiary/aromatic N) is 1. The number of benzene rings is 1. The van der Waals surface area contributed by atoms with Crippen molar-refractivity contribution in [2.75, 3.05) is 12.4 Å². The fraction of sp³-hybridized carbons (Fsp3) is 0.400. The van der Waals surface area contributed by atoms with Gasteiger partial charge in [-0.3, -0.25) is 14.1 Å². The summed E-state index contributed by atoms with van der Waals surface area (Å²) in [5.74, 6) is -0.675. The van der Waals surface area contributed by atoms with E-state index in [-0.39, 0.29) is 25.9 Å². The molecule has 1 aliphatic heterocycles. The fourth-order valence-corrected chi connectivity index (χ4v) is 3.34. The molecular weight excluding hydrogens is 385 g/mol. The number of hydrogen-bond acceptors (Lipinski definition) is 7. The van der Waals surface area contributed by atoms with E-state index in [0.29, 0.717) is 22.1 Å². The van der Waals surface area contributed by atoms with Crippen LogP contribution in [-0.2, 0) is 40.5 Å². The standard InChI is InChI=1S/C15H18NO8PS/c17-13-5-6-14(18)16(13)24-15(19)9-11-1-3-12(4-2-11)10-26-8-7-23-25(20,21)22/h1-4H,5-10H2,(H2,20,21,22). The van der Waals surface area contributed by atoms with Crippen molar-refractivity contribution in [3.05, 3.63) is 35.4 Å². The highest BCUT2D eigenvalue weighted by Gasteiger charge is 2.32.